The summed E-state index contributed by atoms with van der Waals surface area (Å²) in [5.41, 5.74) is 7.01. The summed E-state index contributed by atoms with van der Waals surface area (Å²) in [4.78, 5) is 16.7. The van der Waals surface area contributed by atoms with Crippen LogP contribution in [0.25, 0.3) is 0 Å². The standard InChI is InChI=1S/C21H27FN6O3S/c1-21(2,3)26-20(25-19(29)14-6-10-16(11-7-14)32(23,30)31)24-18-12-17(27-28-18)13-4-8-15(22)9-5-13/h4-11,17-18,27-28H,12H2,1-3H3,(H2,23,30,31)(H2,24,25,26,29). The second-order valence-corrected chi connectivity index (χ2v) is 10.1. The Morgan fingerprint density at radius 3 is 2.28 bits per heavy atom. The van der Waals surface area contributed by atoms with Crippen molar-refractivity contribution in [2.45, 2.75) is 49.8 Å². The molecule has 0 spiro atoms. The number of rotatable bonds is 4. The molecule has 1 aliphatic rings. The maximum atomic E-state index is 13.2. The number of hydrogen-bond donors (Lipinski definition) is 5. The van der Waals surface area contributed by atoms with Gasteiger partial charge in [0.15, 0.2) is 0 Å². The van der Waals surface area contributed by atoms with E-state index in [4.69, 9.17) is 5.14 Å². The third-order valence-corrected chi connectivity index (χ3v) is 5.55. The van der Waals surface area contributed by atoms with Crippen LogP contribution in [0.1, 0.15) is 49.2 Å². The van der Waals surface area contributed by atoms with Gasteiger partial charge in [0.05, 0.1) is 11.1 Å². The largest absolute Gasteiger partial charge is 0.351 e. The van der Waals surface area contributed by atoms with Crippen molar-refractivity contribution < 1.29 is 17.6 Å². The molecule has 1 amide bonds. The number of nitrogens with two attached hydrogens (primary N) is 1. The number of primary sulfonamides is 1. The van der Waals surface area contributed by atoms with Crippen molar-refractivity contribution >= 4 is 21.9 Å². The molecule has 1 heterocycles. The highest BCUT2D eigenvalue weighted by molar-refractivity contribution is 7.89. The van der Waals surface area contributed by atoms with Gasteiger partial charge in [-0.1, -0.05) is 12.1 Å². The lowest BCUT2D eigenvalue weighted by atomic mass is 10.0. The molecule has 172 valence electrons. The first-order chi connectivity index (χ1) is 14.9. The van der Waals surface area contributed by atoms with E-state index in [0.29, 0.717) is 6.42 Å². The number of carbonyl (C=O) groups excluding carboxylic acids is 1. The Kier molecular flexibility index (Phi) is 6.94. The van der Waals surface area contributed by atoms with Crippen LogP contribution >= 0.6 is 0 Å². The zero-order chi connectivity index (χ0) is 23.5. The molecule has 2 aromatic rings. The van der Waals surface area contributed by atoms with Crippen molar-refractivity contribution in [1.29, 1.82) is 0 Å². The number of hydrogen-bond acceptors (Lipinski definition) is 5. The van der Waals surface area contributed by atoms with Gasteiger partial charge in [-0.3, -0.25) is 4.79 Å². The van der Waals surface area contributed by atoms with Gasteiger partial charge in [0.1, 0.15) is 5.82 Å². The Bertz CT molecular complexity index is 1100. The molecule has 2 unspecified atom stereocenters. The van der Waals surface area contributed by atoms with Gasteiger partial charge in [-0.15, -0.1) is 0 Å². The summed E-state index contributed by atoms with van der Waals surface area (Å²) in [7, 11) is -3.85. The highest BCUT2D eigenvalue weighted by atomic mass is 32.2. The normalized spacial score (nSPS) is 19.6. The van der Waals surface area contributed by atoms with E-state index in [2.05, 4.69) is 26.5 Å². The summed E-state index contributed by atoms with van der Waals surface area (Å²) >= 11 is 0. The summed E-state index contributed by atoms with van der Waals surface area (Å²) in [5, 5.41) is 11.4. The van der Waals surface area contributed by atoms with Gasteiger partial charge in [0.25, 0.3) is 5.91 Å². The van der Waals surface area contributed by atoms with Crippen LogP contribution in [-0.2, 0) is 10.0 Å². The monoisotopic (exact) mass is 462 g/mol. The van der Waals surface area contributed by atoms with E-state index in [1.807, 2.05) is 20.8 Å². The molecule has 2 aromatic carbocycles. The van der Waals surface area contributed by atoms with E-state index in [1.54, 1.807) is 12.1 Å². The van der Waals surface area contributed by atoms with Gasteiger partial charge in [-0.25, -0.2) is 28.8 Å². The highest BCUT2D eigenvalue weighted by Gasteiger charge is 2.27. The molecule has 9 nitrogen and oxygen atoms in total. The third-order valence-electron chi connectivity index (χ3n) is 4.62. The Labute approximate surface area is 186 Å². The molecule has 1 saturated heterocycles. The van der Waals surface area contributed by atoms with Gasteiger partial charge in [0, 0.05) is 23.6 Å². The van der Waals surface area contributed by atoms with E-state index < -0.39 is 15.9 Å². The number of aliphatic imine (C=N–C) groups is 1. The van der Waals surface area contributed by atoms with Crippen molar-refractivity contribution in [3.05, 3.63) is 65.5 Å². The van der Waals surface area contributed by atoms with Gasteiger partial charge < -0.3 is 10.6 Å². The number of carbonyl (C=O) groups is 1. The molecule has 3 rings (SSSR count). The van der Waals surface area contributed by atoms with Gasteiger partial charge in [-0.2, -0.15) is 4.99 Å². The Morgan fingerprint density at radius 1 is 1.09 bits per heavy atom. The van der Waals surface area contributed by atoms with Crippen molar-refractivity contribution in [2.24, 2.45) is 10.1 Å². The molecule has 0 bridgehead atoms. The molecule has 1 fully saturated rings. The maximum Gasteiger partial charge on any atom is 0.280 e. The van der Waals surface area contributed by atoms with Crippen LogP contribution in [0.15, 0.2) is 58.4 Å². The zero-order valence-electron chi connectivity index (χ0n) is 18.0. The average Bonchev–Trinajstić information content (AvgIpc) is 3.15. The first-order valence-electron chi connectivity index (χ1n) is 9.98. The topological polar surface area (TPSA) is 138 Å². The molecule has 0 radical (unpaired) electrons. The van der Waals surface area contributed by atoms with Crippen LogP contribution in [-0.4, -0.2) is 32.0 Å². The number of amides is 1. The summed E-state index contributed by atoms with van der Waals surface area (Å²) in [6.45, 7) is 5.78. The van der Waals surface area contributed by atoms with Gasteiger partial charge in [0.2, 0.25) is 16.0 Å². The molecule has 6 N–H and O–H groups in total. The molecule has 0 aliphatic carbocycles. The molecule has 0 saturated carbocycles. The van der Waals surface area contributed by atoms with Crippen molar-refractivity contribution in [3.63, 3.8) is 0 Å². The minimum absolute atomic E-state index is 0.0505. The number of guanidine groups is 1. The number of nitrogens with zero attached hydrogens (tertiary/aromatic N) is 1. The number of sulfonamides is 1. The Balaban J connectivity index is 1.74. The molecular formula is C21H27FN6O3S. The first kappa shape index (κ1) is 23.8. The predicted molar refractivity (Wildman–Crippen MR) is 119 cm³/mol. The van der Waals surface area contributed by atoms with Crippen LogP contribution in [0.2, 0.25) is 0 Å². The molecular weight excluding hydrogens is 435 g/mol. The SMILES string of the molecule is CC(C)(C)N/C(=N/C(=O)c1ccc(S(N)(=O)=O)cc1)NC1CC(c2ccc(F)cc2)NN1. The fourth-order valence-electron chi connectivity index (χ4n) is 3.13. The highest BCUT2D eigenvalue weighted by Crippen LogP contribution is 2.21. The molecule has 11 heteroatoms. The van der Waals surface area contributed by atoms with Crippen LogP contribution in [0, 0.1) is 5.82 Å². The number of nitrogens with one attached hydrogen (secondary N) is 4. The van der Waals surface area contributed by atoms with E-state index in [1.165, 1.54) is 36.4 Å². The van der Waals surface area contributed by atoms with Crippen LogP contribution in [0.3, 0.4) is 0 Å². The Morgan fingerprint density at radius 2 is 1.72 bits per heavy atom. The smallest absolute Gasteiger partial charge is 0.280 e. The molecule has 0 aromatic heterocycles. The van der Waals surface area contributed by atoms with Crippen molar-refractivity contribution in [1.82, 2.24) is 21.5 Å². The fraction of sp³-hybridized carbons (Fsp3) is 0.333. The van der Waals surface area contributed by atoms with Crippen molar-refractivity contribution in [2.75, 3.05) is 0 Å². The Hall–Kier alpha value is -2.86. The quantitative estimate of drug-likeness (QED) is 0.343. The second kappa shape index (κ2) is 9.33. The maximum absolute atomic E-state index is 13.2. The molecule has 32 heavy (non-hydrogen) atoms. The van der Waals surface area contributed by atoms with E-state index in [9.17, 15) is 17.6 Å². The molecule has 2 atom stereocenters. The third kappa shape index (κ3) is 6.57. The minimum atomic E-state index is -3.85. The average molecular weight is 463 g/mol. The molecule has 1 aliphatic heterocycles. The summed E-state index contributed by atoms with van der Waals surface area (Å²) in [6.07, 6.45) is 0.365. The van der Waals surface area contributed by atoms with Gasteiger partial charge in [-0.05, 0) is 62.7 Å². The van der Waals surface area contributed by atoms with Crippen LogP contribution in [0.4, 0.5) is 4.39 Å². The van der Waals surface area contributed by atoms with E-state index >= 15 is 0 Å². The first-order valence-corrected chi connectivity index (χ1v) is 11.5. The lowest BCUT2D eigenvalue weighted by Gasteiger charge is -2.25. The van der Waals surface area contributed by atoms with Gasteiger partial charge >= 0.3 is 0 Å². The summed E-state index contributed by atoms with van der Waals surface area (Å²) in [6, 6.07) is 11.4. The zero-order valence-corrected chi connectivity index (χ0v) is 18.8. The number of halogens is 1. The number of hydrazine groups is 1. The predicted octanol–water partition coefficient (Wildman–Crippen LogP) is 1.51. The van der Waals surface area contributed by atoms with E-state index in [0.717, 1.165) is 5.56 Å². The lowest BCUT2D eigenvalue weighted by Crippen LogP contribution is -2.54. The van der Waals surface area contributed by atoms with E-state index in [-0.39, 0.29) is 40.0 Å². The van der Waals surface area contributed by atoms with Crippen LogP contribution in [0.5, 0.6) is 0 Å². The lowest BCUT2D eigenvalue weighted by molar-refractivity contribution is 0.100. The summed E-state index contributed by atoms with van der Waals surface area (Å²) < 4.78 is 36.0. The van der Waals surface area contributed by atoms with Crippen molar-refractivity contribution in [3.8, 4) is 0 Å². The summed E-state index contributed by atoms with van der Waals surface area (Å²) in [5.74, 6) is -0.586. The van der Waals surface area contributed by atoms with Crippen LogP contribution < -0.4 is 26.6 Å². The minimum Gasteiger partial charge on any atom is -0.351 e. The second-order valence-electron chi connectivity index (χ2n) is 8.54. The fourth-order valence-corrected chi connectivity index (χ4v) is 3.65. The number of benzene rings is 2.